The Kier molecular flexibility index (Phi) is 7.44. The summed E-state index contributed by atoms with van der Waals surface area (Å²) >= 11 is 0. The van der Waals surface area contributed by atoms with Crippen molar-refractivity contribution in [3.63, 3.8) is 0 Å². The predicted molar refractivity (Wildman–Crippen MR) is 117 cm³/mol. The molecule has 0 saturated carbocycles. The first kappa shape index (κ1) is 21.8. The highest BCUT2D eigenvalue weighted by molar-refractivity contribution is 5.99. The van der Waals surface area contributed by atoms with Gasteiger partial charge in [0.1, 0.15) is 5.82 Å². The molecule has 1 atom stereocenters. The Bertz CT molecular complexity index is 878. The molecule has 2 N–H and O–H groups in total. The molecular weight excluding hydrogens is 381 g/mol. The Hall–Kier alpha value is -2.89. The molecule has 1 heterocycles. The van der Waals surface area contributed by atoms with Gasteiger partial charge in [0.2, 0.25) is 0 Å². The van der Waals surface area contributed by atoms with Crippen molar-refractivity contribution >= 4 is 17.5 Å². The van der Waals surface area contributed by atoms with E-state index in [1.165, 1.54) is 12.1 Å². The SMILES string of the molecule is CC[C@@H](C)CNC(=O)c1ccccc1N1CCC(NC(=O)c2ccccc2F)CC1. The van der Waals surface area contributed by atoms with Gasteiger partial charge in [0, 0.05) is 31.4 Å². The molecule has 0 unspecified atom stereocenters. The van der Waals surface area contributed by atoms with Gasteiger partial charge in [-0.05, 0) is 43.0 Å². The maximum absolute atomic E-state index is 13.8. The molecule has 0 aliphatic carbocycles. The number of nitrogens with one attached hydrogen (secondary N) is 2. The summed E-state index contributed by atoms with van der Waals surface area (Å²) in [6.07, 6.45) is 2.50. The summed E-state index contributed by atoms with van der Waals surface area (Å²) in [5.41, 5.74) is 1.66. The van der Waals surface area contributed by atoms with Crippen molar-refractivity contribution in [1.82, 2.24) is 10.6 Å². The second-order valence-electron chi connectivity index (χ2n) is 7.96. The van der Waals surface area contributed by atoms with E-state index in [0.29, 0.717) is 18.0 Å². The van der Waals surface area contributed by atoms with Crippen LogP contribution in [-0.4, -0.2) is 37.5 Å². The van der Waals surface area contributed by atoms with Crippen molar-refractivity contribution in [1.29, 1.82) is 0 Å². The summed E-state index contributed by atoms with van der Waals surface area (Å²) in [6, 6.07) is 13.6. The van der Waals surface area contributed by atoms with Crippen LogP contribution >= 0.6 is 0 Å². The van der Waals surface area contributed by atoms with Gasteiger partial charge in [-0.25, -0.2) is 4.39 Å². The van der Waals surface area contributed by atoms with Gasteiger partial charge in [-0.1, -0.05) is 44.5 Å². The monoisotopic (exact) mass is 411 g/mol. The van der Waals surface area contributed by atoms with E-state index in [-0.39, 0.29) is 23.4 Å². The van der Waals surface area contributed by atoms with E-state index in [2.05, 4.69) is 29.4 Å². The zero-order valence-corrected chi connectivity index (χ0v) is 17.7. The minimum Gasteiger partial charge on any atom is -0.371 e. The van der Waals surface area contributed by atoms with Crippen LogP contribution in [0.5, 0.6) is 0 Å². The van der Waals surface area contributed by atoms with E-state index >= 15 is 0 Å². The number of nitrogens with zero attached hydrogens (tertiary/aromatic N) is 1. The first-order valence-electron chi connectivity index (χ1n) is 10.7. The number of carbonyl (C=O) groups is 2. The van der Waals surface area contributed by atoms with Crippen molar-refractivity contribution in [3.8, 4) is 0 Å². The third kappa shape index (κ3) is 5.38. The van der Waals surface area contributed by atoms with E-state index in [0.717, 1.165) is 38.0 Å². The average Bonchev–Trinajstić information content (AvgIpc) is 2.78. The topological polar surface area (TPSA) is 61.4 Å². The van der Waals surface area contributed by atoms with Crippen LogP contribution in [0, 0.1) is 11.7 Å². The van der Waals surface area contributed by atoms with Crippen LogP contribution in [0.25, 0.3) is 0 Å². The van der Waals surface area contributed by atoms with Gasteiger partial charge < -0.3 is 15.5 Å². The van der Waals surface area contributed by atoms with Crippen molar-refractivity contribution < 1.29 is 14.0 Å². The first-order chi connectivity index (χ1) is 14.5. The van der Waals surface area contributed by atoms with Gasteiger partial charge in [-0.3, -0.25) is 9.59 Å². The quantitative estimate of drug-likeness (QED) is 0.724. The minimum absolute atomic E-state index is 0.0141. The molecular formula is C24H30FN3O2. The lowest BCUT2D eigenvalue weighted by Crippen LogP contribution is -2.45. The molecule has 2 amide bonds. The Labute approximate surface area is 177 Å². The second kappa shape index (κ2) is 10.2. The van der Waals surface area contributed by atoms with Crippen molar-refractivity contribution in [2.75, 3.05) is 24.5 Å². The predicted octanol–water partition coefficient (Wildman–Crippen LogP) is 4.00. The highest BCUT2D eigenvalue weighted by Gasteiger charge is 2.24. The Balaban J connectivity index is 1.59. The van der Waals surface area contributed by atoms with Gasteiger partial charge in [-0.2, -0.15) is 0 Å². The highest BCUT2D eigenvalue weighted by atomic mass is 19.1. The number of halogens is 1. The lowest BCUT2D eigenvalue weighted by Gasteiger charge is -2.35. The molecule has 5 nitrogen and oxygen atoms in total. The lowest BCUT2D eigenvalue weighted by atomic mass is 10.0. The number of amides is 2. The van der Waals surface area contributed by atoms with Gasteiger partial charge in [0.25, 0.3) is 11.8 Å². The summed E-state index contributed by atoms with van der Waals surface area (Å²) in [6.45, 7) is 6.33. The largest absolute Gasteiger partial charge is 0.371 e. The van der Waals surface area contributed by atoms with E-state index in [4.69, 9.17) is 0 Å². The summed E-state index contributed by atoms with van der Waals surface area (Å²) in [4.78, 5) is 27.2. The molecule has 0 aromatic heterocycles. The van der Waals surface area contributed by atoms with Crippen LogP contribution in [-0.2, 0) is 0 Å². The lowest BCUT2D eigenvalue weighted by molar-refractivity contribution is 0.0925. The number of hydrogen-bond donors (Lipinski definition) is 2. The number of piperidine rings is 1. The minimum atomic E-state index is -0.509. The molecule has 2 aromatic carbocycles. The number of rotatable bonds is 7. The average molecular weight is 412 g/mol. The molecule has 1 aliphatic rings. The van der Waals surface area contributed by atoms with E-state index in [1.807, 2.05) is 24.3 Å². The molecule has 1 fully saturated rings. The third-order valence-electron chi connectivity index (χ3n) is 5.75. The zero-order chi connectivity index (χ0) is 21.5. The van der Waals surface area contributed by atoms with Crippen molar-refractivity contribution in [2.45, 2.75) is 39.2 Å². The summed E-state index contributed by atoms with van der Waals surface area (Å²) < 4.78 is 13.8. The normalized spacial score (nSPS) is 15.5. The molecule has 30 heavy (non-hydrogen) atoms. The fourth-order valence-corrected chi connectivity index (χ4v) is 3.62. The Morgan fingerprint density at radius 2 is 1.67 bits per heavy atom. The maximum atomic E-state index is 13.8. The molecule has 6 heteroatoms. The number of carbonyl (C=O) groups excluding carboxylic acids is 2. The summed E-state index contributed by atoms with van der Waals surface area (Å²) in [7, 11) is 0. The molecule has 0 radical (unpaired) electrons. The zero-order valence-electron chi connectivity index (χ0n) is 17.7. The Morgan fingerprint density at radius 1 is 1.03 bits per heavy atom. The highest BCUT2D eigenvalue weighted by Crippen LogP contribution is 2.24. The fraction of sp³-hybridized carbons (Fsp3) is 0.417. The van der Waals surface area contributed by atoms with Crippen LogP contribution in [0.4, 0.5) is 10.1 Å². The number of anilines is 1. The number of benzene rings is 2. The van der Waals surface area contributed by atoms with Crippen LogP contribution in [0.2, 0.25) is 0 Å². The van der Waals surface area contributed by atoms with E-state index in [1.54, 1.807) is 12.1 Å². The first-order valence-corrected chi connectivity index (χ1v) is 10.7. The molecule has 3 rings (SSSR count). The molecule has 0 spiro atoms. The second-order valence-corrected chi connectivity index (χ2v) is 7.96. The van der Waals surface area contributed by atoms with Gasteiger partial charge in [0.15, 0.2) is 0 Å². The number of hydrogen-bond acceptors (Lipinski definition) is 3. The van der Waals surface area contributed by atoms with Crippen LogP contribution in [0.15, 0.2) is 48.5 Å². The fourth-order valence-electron chi connectivity index (χ4n) is 3.62. The van der Waals surface area contributed by atoms with Gasteiger partial charge >= 0.3 is 0 Å². The van der Waals surface area contributed by atoms with Crippen LogP contribution < -0.4 is 15.5 Å². The van der Waals surface area contributed by atoms with Gasteiger partial charge in [-0.15, -0.1) is 0 Å². The molecule has 160 valence electrons. The molecule has 1 aliphatic heterocycles. The molecule has 2 aromatic rings. The summed E-state index contributed by atoms with van der Waals surface area (Å²) in [5.74, 6) is -0.503. The smallest absolute Gasteiger partial charge is 0.254 e. The van der Waals surface area contributed by atoms with E-state index < -0.39 is 5.82 Å². The molecule has 1 saturated heterocycles. The summed E-state index contributed by atoms with van der Waals surface area (Å²) in [5, 5.41) is 5.97. The van der Waals surface area contributed by atoms with Crippen LogP contribution in [0.3, 0.4) is 0 Å². The van der Waals surface area contributed by atoms with Crippen LogP contribution in [0.1, 0.15) is 53.8 Å². The van der Waals surface area contributed by atoms with E-state index in [9.17, 15) is 14.0 Å². The Morgan fingerprint density at radius 3 is 2.33 bits per heavy atom. The van der Waals surface area contributed by atoms with Gasteiger partial charge in [0.05, 0.1) is 11.1 Å². The molecule has 0 bridgehead atoms. The third-order valence-corrected chi connectivity index (χ3v) is 5.75. The van der Waals surface area contributed by atoms with Crippen molar-refractivity contribution in [2.24, 2.45) is 5.92 Å². The number of para-hydroxylation sites is 1. The maximum Gasteiger partial charge on any atom is 0.254 e. The van der Waals surface area contributed by atoms with Crippen molar-refractivity contribution in [3.05, 3.63) is 65.5 Å². The standard InChI is InChI=1S/C24H30FN3O2/c1-3-17(2)16-26-23(29)20-9-5-7-11-22(20)28-14-12-18(13-15-28)27-24(30)19-8-4-6-10-21(19)25/h4-11,17-18H,3,12-16H2,1-2H3,(H,26,29)(H,27,30)/t17-/m1/s1.